The minimum Gasteiger partial charge on any atom is -0.480 e. The summed E-state index contributed by atoms with van der Waals surface area (Å²) in [6, 6.07) is -7.50. The van der Waals surface area contributed by atoms with Crippen molar-refractivity contribution < 1.29 is 38.7 Å². The summed E-state index contributed by atoms with van der Waals surface area (Å²) in [5.41, 5.74) is 22.0. The molecule has 0 aromatic carbocycles. The predicted octanol–water partition coefficient (Wildman–Crippen LogP) is -4.85. The van der Waals surface area contributed by atoms with E-state index in [1.807, 2.05) is 0 Å². The van der Waals surface area contributed by atoms with E-state index in [9.17, 15) is 38.7 Å². The number of carboxylic acid groups (broad SMARTS) is 1. The van der Waals surface area contributed by atoms with Gasteiger partial charge < -0.3 is 75.1 Å². The lowest BCUT2D eigenvalue weighted by molar-refractivity contribution is -0.143. The van der Waals surface area contributed by atoms with Crippen LogP contribution >= 0.6 is 0 Å². The Morgan fingerprint density at radius 3 is 1.41 bits per heavy atom. The molecule has 2 fully saturated rings. The Morgan fingerprint density at radius 1 is 0.621 bits per heavy atom. The highest BCUT2D eigenvalue weighted by Crippen LogP contribution is 2.21. The maximum Gasteiger partial charge on any atom is 0.326 e. The number of carbonyl (C=O) groups excluding carboxylic acids is 6. The lowest BCUT2D eigenvalue weighted by atomic mass is 10.1. The minimum absolute atomic E-state index is 0.0285. The molecule has 0 aromatic rings. The standard InChI is InChI=1S/C34H62N16O8/c1-18(45-27(53)23-11-6-16-49(23)29(55)20(35)8-3-13-42-32(36)37)25(51)47-21(9-4-14-43-33(38)39)30(56)50-17-7-12-24(50)28(54)46-19(2)26(52)48-22(31(57)58)10-5-15-44-34(40)41/h18-24H,3-17,35H2,1-2H3,(H,45,53)(H,46,54)(H,47,51)(H,48,52)(H,57,58)(H4,36,37,42)(H4,38,39,43)(H4,40,41,44). The first-order valence-corrected chi connectivity index (χ1v) is 19.4. The number of nitrogens with one attached hydrogen (secondary N) is 10. The summed E-state index contributed by atoms with van der Waals surface area (Å²) in [6.45, 7) is 4.04. The van der Waals surface area contributed by atoms with Crippen molar-refractivity contribution in [3.8, 4) is 0 Å². The fourth-order valence-electron chi connectivity index (χ4n) is 6.60. The van der Waals surface area contributed by atoms with Crippen LogP contribution in [0.4, 0.5) is 0 Å². The van der Waals surface area contributed by atoms with Crippen LogP contribution in [0.5, 0.6) is 0 Å². The zero-order valence-corrected chi connectivity index (χ0v) is 33.2. The molecule has 7 unspecified atom stereocenters. The normalized spacial score (nSPS) is 18.7. The number of nitrogens with two attached hydrogens (primary N) is 4. The molecule has 0 radical (unpaired) electrons. The lowest BCUT2D eigenvalue weighted by Gasteiger charge is -2.30. The number of carboxylic acids is 1. The number of hydrogen-bond acceptors (Lipinski definition) is 11. The first-order chi connectivity index (χ1) is 27.3. The predicted molar refractivity (Wildman–Crippen MR) is 212 cm³/mol. The van der Waals surface area contributed by atoms with Gasteiger partial charge in [0.1, 0.15) is 36.3 Å². The Balaban J connectivity index is 2.07. The third kappa shape index (κ3) is 15.9. The Hall–Kier alpha value is -5.94. The molecule has 0 aromatic heterocycles. The summed E-state index contributed by atoms with van der Waals surface area (Å²) in [5.74, 6) is -5.74. The number of guanidine groups is 3. The fraction of sp³-hybridized carbons (Fsp3) is 0.706. The van der Waals surface area contributed by atoms with E-state index in [1.54, 1.807) is 0 Å². The monoisotopic (exact) mass is 822 g/mol. The smallest absolute Gasteiger partial charge is 0.326 e. The van der Waals surface area contributed by atoms with Gasteiger partial charge in [-0.15, -0.1) is 0 Å². The summed E-state index contributed by atoms with van der Waals surface area (Å²) in [4.78, 5) is 94.7. The van der Waals surface area contributed by atoms with Gasteiger partial charge in [-0.2, -0.15) is 0 Å². The number of aliphatic carboxylic acids is 1. The molecule has 2 heterocycles. The van der Waals surface area contributed by atoms with Gasteiger partial charge in [0.05, 0.1) is 6.04 Å². The summed E-state index contributed by atoms with van der Waals surface area (Å²) in [5, 5.41) is 49.5. The average molecular weight is 823 g/mol. The molecule has 24 nitrogen and oxygen atoms in total. The molecule has 6 amide bonds. The Bertz CT molecular complexity index is 1510. The van der Waals surface area contributed by atoms with Crippen molar-refractivity contribution in [2.75, 3.05) is 32.7 Å². The van der Waals surface area contributed by atoms with Crippen molar-refractivity contribution in [1.29, 1.82) is 16.2 Å². The van der Waals surface area contributed by atoms with Crippen LogP contribution in [0, 0.1) is 16.2 Å². The fourth-order valence-corrected chi connectivity index (χ4v) is 6.60. The molecule has 0 aliphatic carbocycles. The van der Waals surface area contributed by atoms with E-state index in [1.165, 1.54) is 23.6 Å². The molecule has 19 N–H and O–H groups in total. The quantitative estimate of drug-likeness (QED) is 0.0261. The number of hydrogen-bond donors (Lipinski definition) is 15. The van der Waals surface area contributed by atoms with E-state index in [-0.39, 0.29) is 69.6 Å². The van der Waals surface area contributed by atoms with Gasteiger partial charge in [0.25, 0.3) is 0 Å². The van der Waals surface area contributed by atoms with Gasteiger partial charge in [0.2, 0.25) is 35.4 Å². The van der Waals surface area contributed by atoms with Crippen LogP contribution in [-0.4, -0.2) is 149 Å². The molecular weight excluding hydrogens is 760 g/mol. The Morgan fingerprint density at radius 2 is 1.00 bits per heavy atom. The third-order valence-corrected chi connectivity index (χ3v) is 9.70. The molecule has 2 aliphatic heterocycles. The zero-order chi connectivity index (χ0) is 43.5. The van der Waals surface area contributed by atoms with Gasteiger partial charge in [-0.25, -0.2) is 4.79 Å². The van der Waals surface area contributed by atoms with Crippen LogP contribution in [0.25, 0.3) is 0 Å². The molecule has 0 spiro atoms. The number of rotatable bonds is 23. The Kier molecular flexibility index (Phi) is 19.9. The molecule has 7 atom stereocenters. The number of nitrogens with zero attached hydrogens (tertiary/aromatic N) is 2. The van der Waals surface area contributed by atoms with Crippen molar-refractivity contribution >= 4 is 59.3 Å². The molecule has 58 heavy (non-hydrogen) atoms. The molecule has 326 valence electrons. The topological polar surface area (TPSA) is 406 Å². The number of likely N-dealkylation sites (tertiary alicyclic amines) is 2. The highest BCUT2D eigenvalue weighted by Gasteiger charge is 2.40. The van der Waals surface area contributed by atoms with Gasteiger partial charge in [-0.05, 0) is 78.1 Å². The molecule has 2 aliphatic rings. The van der Waals surface area contributed by atoms with Crippen LogP contribution in [0.15, 0.2) is 0 Å². The second kappa shape index (κ2) is 24.0. The van der Waals surface area contributed by atoms with Crippen molar-refractivity contribution in [2.24, 2.45) is 22.9 Å². The second-order valence-electron chi connectivity index (χ2n) is 14.4. The summed E-state index contributed by atoms with van der Waals surface area (Å²) in [6.07, 6.45) is 3.01. The summed E-state index contributed by atoms with van der Waals surface area (Å²) in [7, 11) is 0. The molecule has 24 heteroatoms. The van der Waals surface area contributed by atoms with E-state index in [4.69, 9.17) is 39.2 Å². The Labute approximate surface area is 336 Å². The lowest BCUT2D eigenvalue weighted by Crippen LogP contribution is -2.58. The van der Waals surface area contributed by atoms with Crippen molar-refractivity contribution in [1.82, 2.24) is 47.0 Å². The average Bonchev–Trinajstić information content (AvgIpc) is 3.85. The van der Waals surface area contributed by atoms with Crippen LogP contribution in [-0.2, 0) is 33.6 Å². The van der Waals surface area contributed by atoms with E-state index < -0.39 is 83.7 Å². The maximum atomic E-state index is 14.0. The van der Waals surface area contributed by atoms with Gasteiger partial charge in [0.15, 0.2) is 17.9 Å². The SMILES string of the molecule is CC(NC(=O)C1CCCN1C(=O)C(N)CCCNC(=N)N)C(=O)NC(CCCNC(=N)N)C(=O)N1CCCC1C(=O)NC(C)C(=O)NC(CCCNC(=N)N)C(=O)O. The second-order valence-corrected chi connectivity index (χ2v) is 14.4. The third-order valence-electron chi connectivity index (χ3n) is 9.70. The highest BCUT2D eigenvalue weighted by atomic mass is 16.4. The van der Waals surface area contributed by atoms with E-state index in [0.717, 1.165) is 0 Å². The van der Waals surface area contributed by atoms with E-state index in [0.29, 0.717) is 45.2 Å². The first kappa shape index (κ1) is 48.2. The van der Waals surface area contributed by atoms with Crippen LogP contribution in [0.3, 0.4) is 0 Å². The number of carbonyl (C=O) groups is 7. The largest absolute Gasteiger partial charge is 0.480 e. The van der Waals surface area contributed by atoms with Crippen molar-refractivity contribution in [3.63, 3.8) is 0 Å². The minimum atomic E-state index is -1.29. The van der Waals surface area contributed by atoms with Gasteiger partial charge in [0, 0.05) is 32.7 Å². The maximum absolute atomic E-state index is 14.0. The summed E-state index contributed by atoms with van der Waals surface area (Å²) >= 11 is 0. The van der Waals surface area contributed by atoms with Crippen LogP contribution < -0.4 is 60.2 Å². The highest BCUT2D eigenvalue weighted by molar-refractivity contribution is 5.97. The van der Waals surface area contributed by atoms with E-state index in [2.05, 4.69) is 37.2 Å². The van der Waals surface area contributed by atoms with Gasteiger partial charge in [-0.3, -0.25) is 45.0 Å². The van der Waals surface area contributed by atoms with E-state index >= 15 is 0 Å². The molecular formula is C34H62N16O8. The van der Waals surface area contributed by atoms with Gasteiger partial charge >= 0.3 is 5.97 Å². The number of amides is 6. The molecule has 0 bridgehead atoms. The van der Waals surface area contributed by atoms with Crippen molar-refractivity contribution in [3.05, 3.63) is 0 Å². The van der Waals surface area contributed by atoms with Crippen LogP contribution in [0.1, 0.15) is 78.1 Å². The molecule has 2 saturated heterocycles. The molecule has 2 rings (SSSR count). The summed E-state index contributed by atoms with van der Waals surface area (Å²) < 4.78 is 0. The molecule has 0 saturated carbocycles. The first-order valence-electron chi connectivity index (χ1n) is 19.4. The zero-order valence-electron chi connectivity index (χ0n) is 33.2. The van der Waals surface area contributed by atoms with Gasteiger partial charge in [-0.1, -0.05) is 0 Å². The van der Waals surface area contributed by atoms with Crippen molar-refractivity contribution in [2.45, 2.75) is 120 Å². The van der Waals surface area contributed by atoms with Crippen LogP contribution in [0.2, 0.25) is 0 Å².